The molecule has 4 nitrogen and oxygen atoms in total. The maximum atomic E-state index is 2.55. The van der Waals surface area contributed by atoms with Crippen molar-refractivity contribution in [2.75, 3.05) is 37.8 Å². The average molecular weight is 481 g/mol. The van der Waals surface area contributed by atoms with Crippen LogP contribution in [0.25, 0.3) is 43.1 Å². The van der Waals surface area contributed by atoms with Gasteiger partial charge in [0.1, 0.15) is 0 Å². The van der Waals surface area contributed by atoms with Crippen molar-refractivity contribution in [2.24, 2.45) is 0 Å². The fourth-order valence-corrected chi connectivity index (χ4v) is 8.07. The lowest BCUT2D eigenvalue weighted by Gasteiger charge is -2.49. The predicted molar refractivity (Wildman–Crippen MR) is 160 cm³/mol. The van der Waals surface area contributed by atoms with Crippen LogP contribution in [0.2, 0.25) is 0 Å². The van der Waals surface area contributed by atoms with Crippen LogP contribution >= 0.6 is 0 Å². The van der Waals surface area contributed by atoms with E-state index in [0.29, 0.717) is 0 Å². The molecule has 0 amide bonds. The maximum absolute atomic E-state index is 2.55. The number of nitrogens with zero attached hydrogens (tertiary/aromatic N) is 4. The molecule has 0 saturated heterocycles. The Hall–Kier alpha value is -4.12. The number of benzene rings is 6. The van der Waals surface area contributed by atoms with E-state index < -0.39 is 6.69 Å². The highest BCUT2D eigenvalue weighted by molar-refractivity contribution is 6.84. The van der Waals surface area contributed by atoms with Crippen LogP contribution < -0.4 is 29.3 Å². The van der Waals surface area contributed by atoms with Crippen LogP contribution in [0.15, 0.2) is 72.8 Å². The quantitative estimate of drug-likeness (QED) is 0.294. The second-order valence-corrected chi connectivity index (χ2v) is 11.3. The third kappa shape index (κ3) is 2.20. The van der Waals surface area contributed by atoms with E-state index >= 15 is 0 Å². The molecule has 0 atom stereocenters. The second kappa shape index (κ2) is 6.60. The third-order valence-electron chi connectivity index (χ3n) is 9.71. The predicted octanol–water partition coefficient (Wildman–Crippen LogP) is 4.63. The summed E-state index contributed by atoms with van der Waals surface area (Å²) in [5.74, 6) is 0. The summed E-state index contributed by atoms with van der Waals surface area (Å²) in [5.41, 5.74) is 5.25. The van der Waals surface area contributed by atoms with Gasteiger partial charge in [-0.2, -0.15) is 0 Å². The highest BCUT2D eigenvalue weighted by Gasteiger charge is 2.63. The molecule has 180 valence electrons. The Labute approximate surface area is 216 Å². The van der Waals surface area contributed by atoms with Gasteiger partial charge in [0.25, 0.3) is 0 Å². The van der Waals surface area contributed by atoms with Crippen molar-refractivity contribution in [1.29, 1.82) is 0 Å². The van der Waals surface area contributed by atoms with Gasteiger partial charge in [0.2, 0.25) is 0 Å². The van der Waals surface area contributed by atoms with Crippen LogP contribution in [0, 0.1) is 13.8 Å². The van der Waals surface area contributed by atoms with Gasteiger partial charge in [-0.1, -0.05) is 36.4 Å². The molecule has 0 bridgehead atoms. The van der Waals surface area contributed by atoms with E-state index in [2.05, 4.69) is 133 Å². The van der Waals surface area contributed by atoms with Crippen LogP contribution in [-0.4, -0.2) is 34.9 Å². The van der Waals surface area contributed by atoms with Crippen molar-refractivity contribution in [2.45, 2.75) is 13.8 Å². The zero-order valence-electron chi connectivity index (χ0n) is 22.3. The Morgan fingerprint density at radius 2 is 1.00 bits per heavy atom. The van der Waals surface area contributed by atoms with Crippen molar-refractivity contribution in [1.82, 2.24) is 8.97 Å². The van der Waals surface area contributed by atoms with Crippen LogP contribution in [-0.2, 0) is 0 Å². The number of rotatable bonds is 0. The fourth-order valence-electron chi connectivity index (χ4n) is 8.07. The number of aryl methyl sites for hydroxylation is 2. The zero-order chi connectivity index (χ0) is 25.4. The molecule has 8 rings (SSSR count). The second-order valence-electron chi connectivity index (χ2n) is 11.3. The van der Waals surface area contributed by atoms with E-state index in [1.165, 1.54) is 76.3 Å². The maximum Gasteiger partial charge on any atom is 0.755 e. The molecule has 2 aliphatic rings. The summed E-state index contributed by atoms with van der Waals surface area (Å²) in [5, 5.41) is 13.3. The van der Waals surface area contributed by atoms with Gasteiger partial charge in [-0.05, 0) is 84.9 Å². The highest BCUT2D eigenvalue weighted by atomic mass is 15.4. The average Bonchev–Trinajstić information content (AvgIpc) is 2.91. The van der Waals surface area contributed by atoms with Crippen LogP contribution in [0.1, 0.15) is 11.1 Å². The molecule has 0 fully saturated rings. The van der Waals surface area contributed by atoms with Gasteiger partial charge < -0.3 is 18.6 Å². The lowest BCUT2D eigenvalue weighted by molar-refractivity contribution is 0.749. The number of hydrogen-bond donors (Lipinski definition) is 0. The van der Waals surface area contributed by atoms with E-state index in [4.69, 9.17) is 0 Å². The largest absolute Gasteiger partial charge is 0.755 e. The van der Waals surface area contributed by atoms with Crippen LogP contribution in [0.3, 0.4) is 0 Å². The van der Waals surface area contributed by atoms with E-state index in [1.807, 2.05) is 0 Å². The topological polar surface area (TPSA) is 12.5 Å². The van der Waals surface area contributed by atoms with Gasteiger partial charge in [-0.15, -0.1) is 0 Å². The Morgan fingerprint density at radius 3 is 1.43 bits per heavy atom. The van der Waals surface area contributed by atoms with E-state index in [9.17, 15) is 0 Å². The van der Waals surface area contributed by atoms with Crippen LogP contribution in [0.4, 0.5) is 11.4 Å². The lowest BCUT2D eigenvalue weighted by atomic mass is 9.63. The molecule has 1 spiro atoms. The summed E-state index contributed by atoms with van der Waals surface area (Å²) in [6, 6.07) is 27.4. The summed E-state index contributed by atoms with van der Waals surface area (Å²) < 4.78 is 5.07. The standard InChI is InChI=1S/C32H30BN4/c1-19-17-27-31-25(15-13-21-9-7-11-23(19)29(21)31)34(3)33(36(27)5)35(4)26-16-14-22-10-8-12-24-20(2)18-28(37(33)6)32(26)30(22)24/h7-18H,1-6H3/q+1. The Morgan fingerprint density at radius 1 is 0.568 bits per heavy atom. The van der Waals surface area contributed by atoms with Crippen molar-refractivity contribution in [3.05, 3.63) is 94.6 Å². The van der Waals surface area contributed by atoms with Gasteiger partial charge in [0, 0.05) is 34.3 Å². The minimum Gasteiger partial charge on any atom is -0.395 e. The van der Waals surface area contributed by atoms with Gasteiger partial charge in [-0.3, -0.25) is 0 Å². The molecule has 37 heavy (non-hydrogen) atoms. The molecule has 2 aliphatic heterocycles. The summed E-state index contributed by atoms with van der Waals surface area (Å²) >= 11 is 0. The summed E-state index contributed by atoms with van der Waals surface area (Å²) in [7, 11) is 9.14. The first kappa shape index (κ1) is 21.0. The van der Waals surface area contributed by atoms with Crippen molar-refractivity contribution in [3.63, 3.8) is 0 Å². The van der Waals surface area contributed by atoms with E-state index in [0.717, 1.165) is 0 Å². The molecule has 0 aromatic heterocycles. The minimum atomic E-state index is -1.50. The molecule has 0 saturated carbocycles. The molecular weight excluding hydrogens is 451 g/mol. The highest BCUT2D eigenvalue weighted by Crippen LogP contribution is 2.41. The third-order valence-corrected chi connectivity index (χ3v) is 9.71. The Kier molecular flexibility index (Phi) is 3.75. The van der Waals surface area contributed by atoms with E-state index in [1.54, 1.807) is 0 Å². The smallest absolute Gasteiger partial charge is 0.395 e. The first-order valence-electron chi connectivity index (χ1n) is 13.2. The van der Waals surface area contributed by atoms with Crippen molar-refractivity contribution >= 4 is 61.2 Å². The summed E-state index contributed by atoms with van der Waals surface area (Å²) in [4.78, 5) is 5.09. The number of anilines is 2. The first-order chi connectivity index (χ1) is 17.9. The Balaban J connectivity index is 1.61. The van der Waals surface area contributed by atoms with Gasteiger partial charge in [0.05, 0.1) is 24.9 Å². The molecule has 0 N–H and O–H groups in total. The molecule has 6 aromatic rings. The van der Waals surface area contributed by atoms with Crippen molar-refractivity contribution in [3.8, 4) is 0 Å². The lowest BCUT2D eigenvalue weighted by Crippen LogP contribution is -2.84. The monoisotopic (exact) mass is 481 g/mol. The summed E-state index contributed by atoms with van der Waals surface area (Å²) in [6.07, 6.45) is 0. The number of hydrogen-bond acceptors (Lipinski definition) is 2. The zero-order valence-corrected chi connectivity index (χ0v) is 22.3. The van der Waals surface area contributed by atoms with Gasteiger partial charge >= 0.3 is 6.69 Å². The van der Waals surface area contributed by atoms with Crippen molar-refractivity contribution < 1.29 is 0 Å². The Bertz CT molecular complexity index is 1970. The SMILES string of the molecule is Cc1cc2c3c(ccc4cccc1c43)=[N+](C)[B-]1(N2C)N(C)c2cc(C)c3cccc4ccc(c2c43)=[N+]1C. The molecule has 0 aliphatic carbocycles. The molecule has 0 unspecified atom stereocenters. The summed E-state index contributed by atoms with van der Waals surface area (Å²) in [6.45, 7) is 3.00. The molecule has 2 heterocycles. The normalized spacial score (nSPS) is 16.4. The van der Waals surface area contributed by atoms with Crippen LogP contribution in [0.5, 0.6) is 0 Å². The van der Waals surface area contributed by atoms with Gasteiger partial charge in [0.15, 0.2) is 10.7 Å². The fraction of sp³-hybridized carbons (Fsp3) is 0.188. The molecule has 6 aromatic carbocycles. The van der Waals surface area contributed by atoms with Gasteiger partial charge in [-0.25, -0.2) is 0 Å². The minimum absolute atomic E-state index is 1.29. The first-order valence-corrected chi connectivity index (χ1v) is 13.2. The molecule has 5 heteroatoms. The van der Waals surface area contributed by atoms with E-state index in [-0.39, 0.29) is 0 Å². The molecular formula is C32H30BN4+. The molecule has 0 radical (unpaired) electrons.